The summed E-state index contributed by atoms with van der Waals surface area (Å²) in [6.45, 7) is 2.81. The van der Waals surface area contributed by atoms with Crippen molar-refractivity contribution in [2.24, 2.45) is 5.73 Å². The molecule has 160 valence electrons. The number of benzene rings is 3. The summed E-state index contributed by atoms with van der Waals surface area (Å²) in [7, 11) is 0. The minimum atomic E-state index is -1.46. The normalized spacial score (nSPS) is 17.8. The Labute approximate surface area is 187 Å². The van der Waals surface area contributed by atoms with Crippen molar-refractivity contribution in [3.8, 4) is 11.5 Å². The number of ether oxygens (including phenoxy) is 2. The highest BCUT2D eigenvalue weighted by molar-refractivity contribution is 6.30. The van der Waals surface area contributed by atoms with Gasteiger partial charge in [-0.2, -0.15) is 0 Å². The summed E-state index contributed by atoms with van der Waals surface area (Å²) in [4.78, 5) is 15.5. The lowest BCUT2D eigenvalue weighted by Crippen LogP contribution is -2.59. The Morgan fingerprint density at radius 1 is 1.03 bits per heavy atom. The van der Waals surface area contributed by atoms with E-state index in [0.717, 1.165) is 17.5 Å². The van der Waals surface area contributed by atoms with E-state index in [4.69, 9.17) is 26.8 Å². The van der Waals surface area contributed by atoms with Crippen molar-refractivity contribution in [2.45, 2.75) is 32.1 Å². The molecule has 0 aromatic heterocycles. The molecule has 0 radical (unpaired) electrons. The monoisotopic (exact) mass is 436 g/mol. The van der Waals surface area contributed by atoms with Gasteiger partial charge in [0.1, 0.15) is 11.5 Å². The second-order valence-corrected chi connectivity index (χ2v) is 7.92. The molecule has 1 aliphatic heterocycles. The Bertz CT molecular complexity index is 1070. The molecule has 5 nitrogen and oxygen atoms in total. The van der Waals surface area contributed by atoms with Gasteiger partial charge in [-0.05, 0) is 60.5 Å². The molecular weight excluding hydrogens is 412 g/mol. The van der Waals surface area contributed by atoms with Crippen molar-refractivity contribution < 1.29 is 14.3 Å². The Kier molecular flexibility index (Phi) is 6.16. The average molecular weight is 437 g/mol. The molecule has 0 saturated carbocycles. The van der Waals surface area contributed by atoms with Gasteiger partial charge < -0.3 is 15.2 Å². The molecule has 3 aromatic rings. The number of hydrogen-bond donors (Lipinski definition) is 1. The molecule has 0 aliphatic carbocycles. The van der Waals surface area contributed by atoms with Crippen LogP contribution in [0.1, 0.15) is 24.5 Å². The van der Waals surface area contributed by atoms with Crippen LogP contribution in [-0.4, -0.2) is 18.2 Å². The van der Waals surface area contributed by atoms with Gasteiger partial charge in [-0.1, -0.05) is 54.9 Å². The summed E-state index contributed by atoms with van der Waals surface area (Å²) in [5.74, 6) is -0.516. The zero-order chi connectivity index (χ0) is 21.8. The van der Waals surface area contributed by atoms with Crippen LogP contribution in [0.2, 0.25) is 5.02 Å². The second-order valence-electron chi connectivity index (χ2n) is 7.48. The number of halogens is 1. The van der Waals surface area contributed by atoms with E-state index < -0.39 is 5.79 Å². The largest absolute Gasteiger partial charge is 0.444 e. The standard InChI is InChI=1S/C25H25ClN2O3/c1-2-25(30-21-7-5-6-18(16-21)14-15-27)24(29)28(17-19-10-12-20(26)13-11-19)22-8-3-4-9-23(22)31-25/h3-13,16H,2,14-15,17,27H2,1H3. The minimum Gasteiger partial charge on any atom is -0.444 e. The first kappa shape index (κ1) is 21.2. The number of amides is 1. The maximum absolute atomic E-state index is 13.8. The van der Waals surface area contributed by atoms with Crippen molar-refractivity contribution in [1.82, 2.24) is 0 Å². The molecule has 4 rings (SSSR count). The molecule has 0 spiro atoms. The third-order valence-electron chi connectivity index (χ3n) is 5.34. The number of nitrogens with two attached hydrogens (primary N) is 1. The Hall–Kier alpha value is -3.02. The van der Waals surface area contributed by atoms with E-state index in [2.05, 4.69) is 0 Å². The number of fused-ring (bicyclic) bond motifs is 1. The molecule has 1 heterocycles. The summed E-state index contributed by atoms with van der Waals surface area (Å²) < 4.78 is 12.5. The first-order valence-electron chi connectivity index (χ1n) is 10.4. The molecular formula is C25H25ClN2O3. The molecule has 1 unspecified atom stereocenters. The Morgan fingerprint density at radius 3 is 2.55 bits per heavy atom. The number of nitrogens with zero attached hydrogens (tertiary/aromatic N) is 1. The van der Waals surface area contributed by atoms with Gasteiger partial charge in [0, 0.05) is 11.4 Å². The summed E-state index contributed by atoms with van der Waals surface area (Å²) in [5, 5.41) is 0.654. The van der Waals surface area contributed by atoms with Crippen molar-refractivity contribution in [3.05, 3.63) is 88.9 Å². The number of carbonyl (C=O) groups excluding carboxylic acids is 1. The topological polar surface area (TPSA) is 64.8 Å². The maximum Gasteiger partial charge on any atom is 0.332 e. The summed E-state index contributed by atoms with van der Waals surface area (Å²) in [6.07, 6.45) is 1.08. The SMILES string of the molecule is CCC1(Oc2cccc(CCN)c2)Oc2ccccc2N(Cc2ccc(Cl)cc2)C1=O. The lowest BCUT2D eigenvalue weighted by molar-refractivity contribution is -0.167. The van der Waals surface area contributed by atoms with Gasteiger partial charge in [-0.3, -0.25) is 9.69 Å². The Morgan fingerprint density at radius 2 is 1.81 bits per heavy atom. The highest BCUT2D eigenvalue weighted by Gasteiger charge is 2.49. The minimum absolute atomic E-state index is 0.243. The smallest absolute Gasteiger partial charge is 0.332 e. The zero-order valence-corrected chi connectivity index (χ0v) is 18.1. The summed E-state index contributed by atoms with van der Waals surface area (Å²) in [5.41, 5.74) is 8.41. The predicted octanol–water partition coefficient (Wildman–Crippen LogP) is 4.95. The highest BCUT2D eigenvalue weighted by Crippen LogP contribution is 2.41. The van der Waals surface area contributed by atoms with Gasteiger partial charge in [0.25, 0.3) is 0 Å². The molecule has 2 N–H and O–H groups in total. The fourth-order valence-corrected chi connectivity index (χ4v) is 3.84. The third-order valence-corrected chi connectivity index (χ3v) is 5.59. The molecule has 0 bridgehead atoms. The number of carbonyl (C=O) groups is 1. The third kappa shape index (κ3) is 4.38. The number of hydrogen-bond acceptors (Lipinski definition) is 4. The first-order chi connectivity index (χ1) is 15.0. The number of para-hydroxylation sites is 2. The van der Waals surface area contributed by atoms with Crippen LogP contribution in [-0.2, 0) is 17.8 Å². The van der Waals surface area contributed by atoms with Gasteiger partial charge in [0.2, 0.25) is 0 Å². The average Bonchev–Trinajstić information content (AvgIpc) is 2.78. The van der Waals surface area contributed by atoms with Crippen LogP contribution in [0.15, 0.2) is 72.8 Å². The van der Waals surface area contributed by atoms with Crippen LogP contribution >= 0.6 is 11.6 Å². The fourth-order valence-electron chi connectivity index (χ4n) is 3.71. The van der Waals surface area contributed by atoms with E-state index in [9.17, 15) is 4.79 Å². The molecule has 1 aliphatic rings. The number of anilines is 1. The lowest BCUT2D eigenvalue weighted by Gasteiger charge is -2.41. The fraction of sp³-hybridized carbons (Fsp3) is 0.240. The molecule has 0 saturated heterocycles. The van der Waals surface area contributed by atoms with E-state index in [1.165, 1.54) is 0 Å². The summed E-state index contributed by atoms with van der Waals surface area (Å²) in [6, 6.07) is 22.6. The maximum atomic E-state index is 13.8. The molecule has 3 aromatic carbocycles. The number of rotatable bonds is 7. The van der Waals surface area contributed by atoms with Crippen molar-refractivity contribution >= 4 is 23.2 Å². The molecule has 1 atom stereocenters. The van der Waals surface area contributed by atoms with Crippen molar-refractivity contribution in [1.29, 1.82) is 0 Å². The molecule has 0 fully saturated rings. The van der Waals surface area contributed by atoms with Gasteiger partial charge in [-0.25, -0.2) is 0 Å². The van der Waals surface area contributed by atoms with Crippen LogP contribution in [0.25, 0.3) is 0 Å². The van der Waals surface area contributed by atoms with Crippen LogP contribution in [0.5, 0.6) is 11.5 Å². The van der Waals surface area contributed by atoms with E-state index in [1.807, 2.05) is 79.7 Å². The van der Waals surface area contributed by atoms with Gasteiger partial charge in [0.05, 0.1) is 12.2 Å². The highest BCUT2D eigenvalue weighted by atomic mass is 35.5. The van der Waals surface area contributed by atoms with Crippen molar-refractivity contribution in [2.75, 3.05) is 11.4 Å². The Balaban J connectivity index is 1.71. The molecule has 31 heavy (non-hydrogen) atoms. The van der Waals surface area contributed by atoms with E-state index in [1.54, 1.807) is 4.90 Å². The van der Waals surface area contributed by atoms with Crippen molar-refractivity contribution in [3.63, 3.8) is 0 Å². The van der Waals surface area contributed by atoms with Crippen LogP contribution < -0.4 is 20.1 Å². The lowest BCUT2D eigenvalue weighted by atomic mass is 10.1. The van der Waals surface area contributed by atoms with E-state index in [0.29, 0.717) is 41.7 Å². The van der Waals surface area contributed by atoms with Crippen LogP contribution in [0, 0.1) is 0 Å². The van der Waals surface area contributed by atoms with Gasteiger partial charge in [0.15, 0.2) is 0 Å². The van der Waals surface area contributed by atoms with E-state index in [-0.39, 0.29) is 5.91 Å². The molecule has 1 amide bonds. The predicted molar refractivity (Wildman–Crippen MR) is 123 cm³/mol. The first-order valence-corrected chi connectivity index (χ1v) is 10.7. The van der Waals surface area contributed by atoms with Gasteiger partial charge in [-0.15, -0.1) is 0 Å². The van der Waals surface area contributed by atoms with Gasteiger partial charge >= 0.3 is 11.7 Å². The van der Waals surface area contributed by atoms with Crippen LogP contribution in [0.3, 0.4) is 0 Å². The summed E-state index contributed by atoms with van der Waals surface area (Å²) >= 11 is 6.03. The van der Waals surface area contributed by atoms with E-state index >= 15 is 0 Å². The van der Waals surface area contributed by atoms with Crippen LogP contribution in [0.4, 0.5) is 5.69 Å². The molecule has 6 heteroatoms. The quantitative estimate of drug-likeness (QED) is 0.569. The zero-order valence-electron chi connectivity index (χ0n) is 17.4. The second kappa shape index (κ2) is 9.00.